The van der Waals surface area contributed by atoms with E-state index in [0.717, 1.165) is 18.7 Å². The normalized spacial score (nSPS) is 16.2. The summed E-state index contributed by atoms with van der Waals surface area (Å²) in [6.07, 6.45) is 0. The lowest BCUT2D eigenvalue weighted by molar-refractivity contribution is 0.0616. The van der Waals surface area contributed by atoms with Gasteiger partial charge in [-0.25, -0.2) is 0 Å². The highest BCUT2D eigenvalue weighted by Crippen LogP contribution is 2.19. The van der Waals surface area contributed by atoms with Gasteiger partial charge in [-0.15, -0.1) is 0 Å². The molecule has 6 nitrogen and oxygen atoms in total. The van der Waals surface area contributed by atoms with Gasteiger partial charge in [0.15, 0.2) is 0 Å². The molecule has 1 aliphatic rings. The second kappa shape index (κ2) is 6.69. The van der Waals surface area contributed by atoms with Gasteiger partial charge in [0.05, 0.1) is 17.9 Å². The molecule has 0 bridgehead atoms. The van der Waals surface area contributed by atoms with Crippen molar-refractivity contribution in [3.8, 4) is 0 Å². The van der Waals surface area contributed by atoms with E-state index >= 15 is 0 Å². The summed E-state index contributed by atoms with van der Waals surface area (Å²) in [7, 11) is 0. The monoisotopic (exact) mass is 278 g/mol. The molecule has 0 saturated carbocycles. The number of piperazine rings is 1. The van der Waals surface area contributed by atoms with E-state index in [0.29, 0.717) is 30.9 Å². The molecule has 0 aromatic heterocycles. The molecule has 1 amide bonds. The smallest absolute Gasteiger partial charge is 0.256 e. The summed E-state index contributed by atoms with van der Waals surface area (Å²) < 4.78 is 0. The molecule has 0 radical (unpaired) electrons. The van der Waals surface area contributed by atoms with Crippen LogP contribution in [0.4, 0.5) is 5.69 Å². The Hall–Kier alpha value is -1.63. The molecular formula is C14H22N4O2. The van der Waals surface area contributed by atoms with Crippen molar-refractivity contribution in [2.24, 2.45) is 5.84 Å². The molecule has 2 rings (SSSR count). The molecule has 0 unspecified atom stereocenters. The molecule has 1 heterocycles. The number of nitrogens with two attached hydrogens (primary N) is 1. The molecule has 1 saturated heterocycles. The van der Waals surface area contributed by atoms with Crippen LogP contribution in [0.15, 0.2) is 18.2 Å². The predicted octanol–water partition coefficient (Wildman–Crippen LogP) is 0.0307. The number of aryl methyl sites for hydroxylation is 1. The second-order valence-electron chi connectivity index (χ2n) is 5.05. The first kappa shape index (κ1) is 14.8. The summed E-state index contributed by atoms with van der Waals surface area (Å²) in [5, 5.41) is 8.92. The minimum atomic E-state index is 0.00148. The summed E-state index contributed by atoms with van der Waals surface area (Å²) in [6, 6.07) is 5.60. The van der Waals surface area contributed by atoms with Crippen LogP contribution >= 0.6 is 0 Å². The standard InChI is InChI=1S/C14H22N4O2/c1-11-2-3-12(13(10-11)16-15)14(20)18-6-4-17(5-7-18)8-9-19/h2-3,10,16,19H,4-9,15H2,1H3. The van der Waals surface area contributed by atoms with Gasteiger partial charge in [0.2, 0.25) is 0 Å². The van der Waals surface area contributed by atoms with Crippen molar-refractivity contribution in [3.05, 3.63) is 29.3 Å². The van der Waals surface area contributed by atoms with Gasteiger partial charge in [-0.3, -0.25) is 15.5 Å². The van der Waals surface area contributed by atoms with Gasteiger partial charge in [0, 0.05) is 32.7 Å². The van der Waals surface area contributed by atoms with Crippen LogP contribution in [0, 0.1) is 6.92 Å². The molecule has 20 heavy (non-hydrogen) atoms. The Morgan fingerprint density at radius 3 is 2.65 bits per heavy atom. The number of hydrogen-bond donors (Lipinski definition) is 3. The van der Waals surface area contributed by atoms with Crippen molar-refractivity contribution in [3.63, 3.8) is 0 Å². The SMILES string of the molecule is Cc1ccc(C(=O)N2CCN(CCO)CC2)c(NN)c1. The quantitative estimate of drug-likeness (QED) is 0.535. The fraction of sp³-hybridized carbons (Fsp3) is 0.500. The van der Waals surface area contributed by atoms with Crippen LogP contribution in [-0.2, 0) is 0 Å². The fourth-order valence-corrected chi connectivity index (χ4v) is 2.45. The van der Waals surface area contributed by atoms with Gasteiger partial charge in [0.1, 0.15) is 0 Å². The third-order valence-corrected chi connectivity index (χ3v) is 3.64. The van der Waals surface area contributed by atoms with Crippen LogP contribution in [0.1, 0.15) is 15.9 Å². The van der Waals surface area contributed by atoms with Crippen LogP contribution in [0.25, 0.3) is 0 Å². The van der Waals surface area contributed by atoms with Crippen LogP contribution in [0.5, 0.6) is 0 Å². The summed E-state index contributed by atoms with van der Waals surface area (Å²) >= 11 is 0. The maximum absolute atomic E-state index is 12.5. The molecule has 110 valence electrons. The van der Waals surface area contributed by atoms with Gasteiger partial charge in [-0.2, -0.15) is 0 Å². The third kappa shape index (κ3) is 3.27. The predicted molar refractivity (Wildman–Crippen MR) is 78.4 cm³/mol. The highest BCUT2D eigenvalue weighted by molar-refractivity contribution is 5.99. The zero-order valence-corrected chi connectivity index (χ0v) is 11.8. The Bertz CT molecular complexity index is 470. The Balaban J connectivity index is 2.05. The minimum Gasteiger partial charge on any atom is -0.395 e. The maximum atomic E-state index is 12.5. The summed E-state index contributed by atoms with van der Waals surface area (Å²) in [4.78, 5) is 16.5. The Morgan fingerprint density at radius 1 is 1.35 bits per heavy atom. The molecule has 1 fully saturated rings. The first-order valence-corrected chi connectivity index (χ1v) is 6.85. The average Bonchev–Trinajstić information content (AvgIpc) is 2.47. The van der Waals surface area contributed by atoms with Crippen LogP contribution in [0.3, 0.4) is 0 Å². The molecule has 0 atom stereocenters. The van der Waals surface area contributed by atoms with E-state index in [2.05, 4.69) is 10.3 Å². The van der Waals surface area contributed by atoms with E-state index in [-0.39, 0.29) is 12.5 Å². The number of nitrogen functional groups attached to an aromatic ring is 1. The second-order valence-corrected chi connectivity index (χ2v) is 5.05. The van der Waals surface area contributed by atoms with Gasteiger partial charge in [0.25, 0.3) is 5.91 Å². The van der Waals surface area contributed by atoms with Crippen LogP contribution in [-0.4, -0.2) is 60.1 Å². The first-order valence-electron chi connectivity index (χ1n) is 6.85. The number of anilines is 1. The highest BCUT2D eigenvalue weighted by Gasteiger charge is 2.23. The van der Waals surface area contributed by atoms with Crippen molar-refractivity contribution >= 4 is 11.6 Å². The summed E-state index contributed by atoms with van der Waals surface area (Å²) in [6.45, 7) is 5.73. The van der Waals surface area contributed by atoms with Gasteiger partial charge < -0.3 is 15.4 Å². The Kier molecular flexibility index (Phi) is 4.94. The first-order chi connectivity index (χ1) is 9.65. The van der Waals surface area contributed by atoms with Crippen LogP contribution in [0.2, 0.25) is 0 Å². The summed E-state index contributed by atoms with van der Waals surface area (Å²) in [5.41, 5.74) is 4.92. The number of hydrogen-bond acceptors (Lipinski definition) is 5. The number of aliphatic hydroxyl groups is 1. The van der Waals surface area contributed by atoms with E-state index in [1.807, 2.05) is 30.0 Å². The lowest BCUT2D eigenvalue weighted by atomic mass is 10.1. The van der Waals surface area contributed by atoms with E-state index in [4.69, 9.17) is 10.9 Å². The lowest BCUT2D eigenvalue weighted by Crippen LogP contribution is -2.49. The molecule has 1 aromatic rings. The van der Waals surface area contributed by atoms with Crippen molar-refractivity contribution in [1.82, 2.24) is 9.80 Å². The van der Waals surface area contributed by atoms with Crippen molar-refractivity contribution in [1.29, 1.82) is 0 Å². The molecule has 6 heteroatoms. The molecule has 0 aliphatic carbocycles. The Labute approximate surface area is 119 Å². The minimum absolute atomic E-state index is 0.00148. The maximum Gasteiger partial charge on any atom is 0.256 e. The van der Waals surface area contributed by atoms with Gasteiger partial charge in [-0.05, 0) is 24.6 Å². The number of nitrogens with one attached hydrogen (secondary N) is 1. The lowest BCUT2D eigenvalue weighted by Gasteiger charge is -2.34. The number of nitrogens with zero attached hydrogens (tertiary/aromatic N) is 2. The zero-order chi connectivity index (χ0) is 14.5. The highest BCUT2D eigenvalue weighted by atomic mass is 16.3. The number of rotatable bonds is 4. The van der Waals surface area contributed by atoms with E-state index < -0.39 is 0 Å². The number of carbonyl (C=O) groups is 1. The molecule has 4 N–H and O–H groups in total. The van der Waals surface area contributed by atoms with Gasteiger partial charge >= 0.3 is 0 Å². The van der Waals surface area contributed by atoms with E-state index in [9.17, 15) is 4.79 Å². The number of hydrazine groups is 1. The number of aliphatic hydroxyl groups excluding tert-OH is 1. The zero-order valence-electron chi connectivity index (χ0n) is 11.8. The molecule has 1 aromatic carbocycles. The summed E-state index contributed by atoms with van der Waals surface area (Å²) in [5.74, 6) is 5.49. The third-order valence-electron chi connectivity index (χ3n) is 3.64. The molecule has 1 aliphatic heterocycles. The van der Waals surface area contributed by atoms with E-state index in [1.165, 1.54) is 0 Å². The number of benzene rings is 1. The molecule has 0 spiro atoms. The van der Waals surface area contributed by atoms with Crippen molar-refractivity contribution < 1.29 is 9.90 Å². The van der Waals surface area contributed by atoms with E-state index in [1.54, 1.807) is 0 Å². The van der Waals surface area contributed by atoms with Crippen molar-refractivity contribution in [2.75, 3.05) is 44.8 Å². The van der Waals surface area contributed by atoms with Crippen LogP contribution < -0.4 is 11.3 Å². The largest absolute Gasteiger partial charge is 0.395 e. The fourth-order valence-electron chi connectivity index (χ4n) is 2.45. The number of β-amino-alcohol motifs (C(OH)–C–C–N with tert-alkyl or cyclic N) is 1. The number of carbonyl (C=O) groups excluding carboxylic acids is 1. The van der Waals surface area contributed by atoms with Crippen molar-refractivity contribution in [2.45, 2.75) is 6.92 Å². The topological polar surface area (TPSA) is 81.8 Å². The average molecular weight is 278 g/mol. The number of amides is 1. The Morgan fingerprint density at radius 2 is 2.05 bits per heavy atom. The molecular weight excluding hydrogens is 256 g/mol. The van der Waals surface area contributed by atoms with Gasteiger partial charge in [-0.1, -0.05) is 6.07 Å².